The van der Waals surface area contributed by atoms with E-state index in [1.807, 2.05) is 54.6 Å². The van der Waals surface area contributed by atoms with Gasteiger partial charge in [-0.1, -0.05) is 0 Å². The van der Waals surface area contributed by atoms with Crippen molar-refractivity contribution in [3.63, 3.8) is 0 Å². The molecule has 10 nitrogen and oxygen atoms in total. The minimum atomic E-state index is 0.210. The summed E-state index contributed by atoms with van der Waals surface area (Å²) in [5.74, 6) is 0.768. The molecule has 37 heavy (non-hydrogen) atoms. The molecule has 10 heteroatoms. The number of hydrogen-bond donors (Lipinski definition) is 3. The third-order valence-electron chi connectivity index (χ3n) is 6.81. The van der Waals surface area contributed by atoms with Gasteiger partial charge in [0.15, 0.2) is 0 Å². The molecule has 6 aromatic heterocycles. The van der Waals surface area contributed by atoms with E-state index >= 15 is 0 Å². The average molecular weight is 492 g/mol. The van der Waals surface area contributed by atoms with Gasteiger partial charge in [0, 0.05) is 28.7 Å². The summed E-state index contributed by atoms with van der Waals surface area (Å²) >= 11 is 0. The first-order valence-electron chi connectivity index (χ1n) is 12.4. The van der Waals surface area contributed by atoms with Gasteiger partial charge in [-0.3, -0.25) is 20.1 Å². The van der Waals surface area contributed by atoms with E-state index in [0.717, 1.165) is 87.5 Å². The Bertz CT molecular complexity index is 1720. The molecule has 0 aliphatic carbocycles. The van der Waals surface area contributed by atoms with Crippen molar-refractivity contribution in [3.8, 4) is 34.1 Å². The lowest BCUT2D eigenvalue weighted by molar-refractivity contribution is 0.162. The number of aryl methyl sites for hydroxylation is 1. The monoisotopic (exact) mass is 491 g/mol. The summed E-state index contributed by atoms with van der Waals surface area (Å²) in [5, 5.41) is 13.1. The van der Waals surface area contributed by atoms with Gasteiger partial charge in [0.2, 0.25) is 0 Å². The Morgan fingerprint density at radius 2 is 1.81 bits per heavy atom. The van der Waals surface area contributed by atoms with Crippen LogP contribution in [-0.2, 0) is 0 Å². The predicted octanol–water partition coefficient (Wildman–Crippen LogP) is 4.19. The number of hydrogen-bond acceptors (Lipinski definition) is 7. The SMILES string of the molecule is Cc1cn(-c2cncc3[nH]c(-c4n[nH]c5cnc(-c6cncc(OC7CCNCC7)c6)cc45)cc23)cn1. The minimum absolute atomic E-state index is 0.210. The van der Waals surface area contributed by atoms with Crippen molar-refractivity contribution in [1.82, 2.24) is 45.0 Å². The molecule has 0 spiro atoms. The zero-order valence-electron chi connectivity index (χ0n) is 20.3. The van der Waals surface area contributed by atoms with Crippen molar-refractivity contribution in [3.05, 3.63) is 67.4 Å². The van der Waals surface area contributed by atoms with Gasteiger partial charge in [0.05, 0.1) is 64.9 Å². The third kappa shape index (κ3) is 4.01. The average Bonchev–Trinajstić information content (AvgIpc) is 3.66. The van der Waals surface area contributed by atoms with E-state index in [2.05, 4.69) is 46.5 Å². The van der Waals surface area contributed by atoms with Gasteiger partial charge >= 0.3 is 0 Å². The van der Waals surface area contributed by atoms with Gasteiger partial charge in [0.1, 0.15) is 17.5 Å². The van der Waals surface area contributed by atoms with Crippen molar-refractivity contribution in [2.24, 2.45) is 0 Å². The Hall–Kier alpha value is -4.57. The number of pyridine rings is 3. The highest BCUT2D eigenvalue weighted by atomic mass is 16.5. The molecular formula is C27H25N9O. The second kappa shape index (κ2) is 8.82. The molecule has 0 saturated carbocycles. The standard InChI is InChI=1S/C27H25N9O/c1-16-14-36(15-32-16)26-13-30-11-24-20(26)7-23(33-24)27-21-8-22(31-12-25(21)34-35-27)17-6-19(10-29-9-17)37-18-2-4-28-5-3-18/h6-15,18,28,33H,2-5H2,1H3,(H,34,35). The van der Waals surface area contributed by atoms with Crippen molar-refractivity contribution in [2.45, 2.75) is 25.9 Å². The predicted molar refractivity (Wildman–Crippen MR) is 141 cm³/mol. The second-order valence-electron chi connectivity index (χ2n) is 9.39. The molecule has 0 bridgehead atoms. The molecule has 0 atom stereocenters. The van der Waals surface area contributed by atoms with Crippen LogP contribution in [-0.4, -0.2) is 58.9 Å². The molecule has 7 heterocycles. The smallest absolute Gasteiger partial charge is 0.138 e. The van der Waals surface area contributed by atoms with Crippen LogP contribution in [0.4, 0.5) is 0 Å². The fraction of sp³-hybridized carbons (Fsp3) is 0.222. The third-order valence-corrected chi connectivity index (χ3v) is 6.81. The summed E-state index contributed by atoms with van der Waals surface area (Å²) in [4.78, 5) is 21.3. The zero-order valence-corrected chi connectivity index (χ0v) is 20.3. The lowest BCUT2D eigenvalue weighted by atomic mass is 10.1. The summed E-state index contributed by atoms with van der Waals surface area (Å²) in [6, 6.07) is 6.16. The molecule has 184 valence electrons. The van der Waals surface area contributed by atoms with E-state index in [1.54, 1.807) is 12.5 Å². The van der Waals surface area contributed by atoms with Gasteiger partial charge in [0.25, 0.3) is 0 Å². The first-order chi connectivity index (χ1) is 18.2. The Kier molecular flexibility index (Phi) is 5.17. The molecular weight excluding hydrogens is 466 g/mol. The zero-order chi connectivity index (χ0) is 24.8. The van der Waals surface area contributed by atoms with E-state index in [-0.39, 0.29) is 6.10 Å². The molecule has 3 N–H and O–H groups in total. The lowest BCUT2D eigenvalue weighted by Gasteiger charge is -2.23. The van der Waals surface area contributed by atoms with E-state index in [0.29, 0.717) is 0 Å². The van der Waals surface area contributed by atoms with Crippen LogP contribution in [0.15, 0.2) is 61.7 Å². The molecule has 0 amide bonds. The number of nitrogens with one attached hydrogen (secondary N) is 3. The Labute approximate surface area is 212 Å². The second-order valence-corrected chi connectivity index (χ2v) is 9.39. The number of rotatable bonds is 5. The summed E-state index contributed by atoms with van der Waals surface area (Å²) < 4.78 is 8.18. The normalized spacial score (nSPS) is 14.5. The number of H-pyrrole nitrogens is 2. The largest absolute Gasteiger partial charge is 0.489 e. The van der Waals surface area contributed by atoms with E-state index in [9.17, 15) is 0 Å². The van der Waals surface area contributed by atoms with Gasteiger partial charge in [-0.15, -0.1) is 0 Å². The summed E-state index contributed by atoms with van der Waals surface area (Å²) in [5.41, 5.74) is 7.12. The van der Waals surface area contributed by atoms with Crippen LogP contribution >= 0.6 is 0 Å². The van der Waals surface area contributed by atoms with Gasteiger partial charge in [-0.05, 0) is 51.1 Å². The minimum Gasteiger partial charge on any atom is -0.489 e. The van der Waals surface area contributed by atoms with Gasteiger partial charge in [-0.25, -0.2) is 4.98 Å². The maximum atomic E-state index is 6.20. The molecule has 1 aliphatic rings. The van der Waals surface area contributed by atoms with E-state index < -0.39 is 0 Å². The first kappa shape index (κ1) is 21.7. The number of piperidine rings is 1. The maximum Gasteiger partial charge on any atom is 0.138 e. The molecule has 0 aromatic carbocycles. The number of ether oxygens (including phenoxy) is 1. The number of aromatic amines is 2. The molecule has 1 fully saturated rings. The van der Waals surface area contributed by atoms with Crippen molar-refractivity contribution in [1.29, 1.82) is 0 Å². The molecule has 6 aromatic rings. The van der Waals surface area contributed by atoms with Crippen LogP contribution in [0, 0.1) is 6.92 Å². The Morgan fingerprint density at radius 3 is 2.68 bits per heavy atom. The first-order valence-corrected chi connectivity index (χ1v) is 12.4. The highest BCUT2D eigenvalue weighted by molar-refractivity contribution is 5.98. The van der Waals surface area contributed by atoms with Gasteiger partial charge in [-0.2, -0.15) is 5.10 Å². The van der Waals surface area contributed by atoms with Crippen LogP contribution in [0.3, 0.4) is 0 Å². The topological polar surface area (TPSA) is 122 Å². The quantitative estimate of drug-likeness (QED) is 0.331. The number of fused-ring (bicyclic) bond motifs is 2. The van der Waals surface area contributed by atoms with Crippen LogP contribution in [0.2, 0.25) is 0 Å². The molecule has 7 rings (SSSR count). The van der Waals surface area contributed by atoms with Crippen molar-refractivity contribution >= 4 is 21.8 Å². The van der Waals surface area contributed by atoms with Crippen LogP contribution in [0.1, 0.15) is 18.5 Å². The van der Waals surface area contributed by atoms with Gasteiger partial charge < -0.3 is 19.6 Å². The molecule has 0 radical (unpaired) electrons. The molecule has 1 saturated heterocycles. The highest BCUT2D eigenvalue weighted by Crippen LogP contribution is 2.33. The summed E-state index contributed by atoms with van der Waals surface area (Å²) in [6.07, 6.45) is 15.1. The molecule has 1 aliphatic heterocycles. The molecule has 0 unspecified atom stereocenters. The number of aromatic nitrogens is 8. The Balaban J connectivity index is 1.26. The van der Waals surface area contributed by atoms with Crippen molar-refractivity contribution < 1.29 is 4.74 Å². The number of nitrogens with zero attached hydrogens (tertiary/aromatic N) is 6. The Morgan fingerprint density at radius 1 is 0.919 bits per heavy atom. The number of imidazole rings is 1. The summed E-state index contributed by atoms with van der Waals surface area (Å²) in [6.45, 7) is 3.93. The fourth-order valence-corrected chi connectivity index (χ4v) is 4.93. The fourth-order valence-electron chi connectivity index (χ4n) is 4.93. The summed E-state index contributed by atoms with van der Waals surface area (Å²) in [7, 11) is 0. The maximum absolute atomic E-state index is 6.20. The highest BCUT2D eigenvalue weighted by Gasteiger charge is 2.17. The van der Waals surface area contributed by atoms with Crippen LogP contribution in [0.5, 0.6) is 5.75 Å². The van der Waals surface area contributed by atoms with E-state index in [4.69, 9.17) is 4.74 Å². The van der Waals surface area contributed by atoms with Crippen LogP contribution < -0.4 is 10.1 Å². The van der Waals surface area contributed by atoms with E-state index in [1.165, 1.54) is 0 Å². The lowest BCUT2D eigenvalue weighted by Crippen LogP contribution is -2.34. The van der Waals surface area contributed by atoms with Crippen molar-refractivity contribution in [2.75, 3.05) is 13.1 Å². The van der Waals surface area contributed by atoms with Crippen LogP contribution in [0.25, 0.3) is 50.1 Å².